The molecule has 5 heteroatoms. The monoisotopic (exact) mass is 260 g/mol. The zero-order valence-corrected chi connectivity index (χ0v) is 11.0. The van der Waals surface area contributed by atoms with E-state index in [2.05, 4.69) is 12.0 Å². The van der Waals surface area contributed by atoms with E-state index in [4.69, 9.17) is 9.84 Å². The largest absolute Gasteiger partial charge is 0.476 e. The predicted octanol–water partition coefficient (Wildman–Crippen LogP) is 2.28. The summed E-state index contributed by atoms with van der Waals surface area (Å²) in [5, 5.41) is 13.1. The number of hydrogen-bond donors (Lipinski definition) is 1. The molecule has 100 valence electrons. The van der Waals surface area contributed by atoms with Crippen molar-refractivity contribution >= 4 is 5.97 Å². The second-order valence-electron chi connectivity index (χ2n) is 4.19. The van der Waals surface area contributed by atoms with Gasteiger partial charge in [0.15, 0.2) is 5.69 Å². The van der Waals surface area contributed by atoms with E-state index in [9.17, 15) is 4.79 Å². The summed E-state index contributed by atoms with van der Waals surface area (Å²) in [5.41, 5.74) is 2.79. The van der Waals surface area contributed by atoms with Gasteiger partial charge in [-0.05, 0) is 30.2 Å². The van der Waals surface area contributed by atoms with Crippen LogP contribution in [-0.4, -0.2) is 28.0 Å². The van der Waals surface area contributed by atoms with Gasteiger partial charge in [0.1, 0.15) is 0 Å². The molecule has 0 aliphatic carbocycles. The number of benzene rings is 1. The highest BCUT2D eigenvalue weighted by atomic mass is 16.5. The molecule has 2 aromatic rings. The lowest BCUT2D eigenvalue weighted by atomic mass is 10.1. The van der Waals surface area contributed by atoms with Crippen LogP contribution in [0.2, 0.25) is 0 Å². The van der Waals surface area contributed by atoms with Crippen molar-refractivity contribution in [3.8, 4) is 5.69 Å². The molecule has 0 fully saturated rings. The molecule has 5 nitrogen and oxygen atoms in total. The molecule has 1 N–H and O–H groups in total. The number of hydrogen-bond acceptors (Lipinski definition) is 3. The second-order valence-corrected chi connectivity index (χ2v) is 4.19. The Morgan fingerprint density at radius 2 is 2.05 bits per heavy atom. The summed E-state index contributed by atoms with van der Waals surface area (Å²) in [7, 11) is 1.57. The fraction of sp³-hybridized carbons (Fsp3) is 0.286. The van der Waals surface area contributed by atoms with Gasteiger partial charge < -0.3 is 9.84 Å². The van der Waals surface area contributed by atoms with Gasteiger partial charge in [-0.15, -0.1) is 0 Å². The molecular weight excluding hydrogens is 244 g/mol. The maximum absolute atomic E-state index is 11.0. The van der Waals surface area contributed by atoms with Gasteiger partial charge in [-0.25, -0.2) is 9.48 Å². The molecule has 1 heterocycles. The summed E-state index contributed by atoms with van der Waals surface area (Å²) in [5.74, 6) is -1.04. The summed E-state index contributed by atoms with van der Waals surface area (Å²) in [6, 6.07) is 9.40. The Morgan fingerprint density at radius 1 is 1.37 bits per heavy atom. The number of carboxylic acid groups (broad SMARTS) is 1. The Hall–Kier alpha value is -2.14. The van der Waals surface area contributed by atoms with E-state index >= 15 is 0 Å². The summed E-state index contributed by atoms with van der Waals surface area (Å²) >= 11 is 0. The lowest BCUT2D eigenvalue weighted by Crippen LogP contribution is -2.04. The molecule has 0 atom stereocenters. The maximum atomic E-state index is 11.0. The molecular formula is C14H16N2O3. The van der Waals surface area contributed by atoms with E-state index in [0.29, 0.717) is 12.3 Å². The zero-order valence-electron chi connectivity index (χ0n) is 11.0. The van der Waals surface area contributed by atoms with Crippen molar-refractivity contribution in [2.45, 2.75) is 20.0 Å². The van der Waals surface area contributed by atoms with E-state index < -0.39 is 5.97 Å². The third kappa shape index (κ3) is 2.82. The Balaban J connectivity index is 2.43. The van der Waals surface area contributed by atoms with Crippen LogP contribution in [0.5, 0.6) is 0 Å². The summed E-state index contributed by atoms with van der Waals surface area (Å²) in [6.07, 6.45) is 0.963. The van der Waals surface area contributed by atoms with Crippen LogP contribution in [0, 0.1) is 0 Å². The highest BCUT2D eigenvalue weighted by Crippen LogP contribution is 2.15. The van der Waals surface area contributed by atoms with Gasteiger partial charge in [0.25, 0.3) is 0 Å². The van der Waals surface area contributed by atoms with E-state index in [1.165, 1.54) is 11.6 Å². The lowest BCUT2D eigenvalue weighted by Gasteiger charge is -2.07. The third-order valence-electron chi connectivity index (χ3n) is 2.88. The first-order valence-corrected chi connectivity index (χ1v) is 6.06. The summed E-state index contributed by atoms with van der Waals surface area (Å²) < 4.78 is 6.68. The molecule has 2 rings (SSSR count). The van der Waals surface area contributed by atoms with Gasteiger partial charge in [0.2, 0.25) is 0 Å². The predicted molar refractivity (Wildman–Crippen MR) is 70.6 cm³/mol. The highest BCUT2D eigenvalue weighted by molar-refractivity contribution is 5.85. The number of rotatable bonds is 5. The molecule has 0 amide bonds. The van der Waals surface area contributed by atoms with Crippen LogP contribution in [0.1, 0.15) is 28.7 Å². The number of aryl methyl sites for hydroxylation is 1. The number of aromatic carboxylic acids is 1. The van der Waals surface area contributed by atoms with Crippen molar-refractivity contribution < 1.29 is 14.6 Å². The van der Waals surface area contributed by atoms with E-state index in [-0.39, 0.29) is 5.69 Å². The standard InChI is InChI=1S/C14H16N2O3/c1-3-10-4-6-11(7-5-10)16-12(9-19-2)8-13(15-16)14(17)18/h4-8H,3,9H2,1-2H3,(H,17,18). The second kappa shape index (κ2) is 5.67. The number of carboxylic acids is 1. The first-order valence-electron chi connectivity index (χ1n) is 6.06. The maximum Gasteiger partial charge on any atom is 0.356 e. The van der Waals surface area contributed by atoms with Gasteiger partial charge in [-0.2, -0.15) is 5.10 Å². The van der Waals surface area contributed by atoms with Crippen molar-refractivity contribution in [2.75, 3.05) is 7.11 Å². The van der Waals surface area contributed by atoms with Crippen molar-refractivity contribution in [1.29, 1.82) is 0 Å². The fourth-order valence-electron chi connectivity index (χ4n) is 1.87. The Bertz CT molecular complexity index is 573. The topological polar surface area (TPSA) is 64.4 Å². The van der Waals surface area contributed by atoms with E-state index in [1.807, 2.05) is 24.3 Å². The van der Waals surface area contributed by atoms with Gasteiger partial charge in [-0.1, -0.05) is 19.1 Å². The van der Waals surface area contributed by atoms with Gasteiger partial charge in [0.05, 0.1) is 18.0 Å². The van der Waals surface area contributed by atoms with Gasteiger partial charge in [-0.3, -0.25) is 0 Å². The smallest absolute Gasteiger partial charge is 0.356 e. The number of ether oxygens (including phenoxy) is 1. The van der Waals surface area contributed by atoms with Gasteiger partial charge >= 0.3 is 5.97 Å². The quantitative estimate of drug-likeness (QED) is 0.895. The minimum atomic E-state index is -1.04. The molecule has 1 aromatic carbocycles. The van der Waals surface area contributed by atoms with Crippen molar-refractivity contribution in [2.24, 2.45) is 0 Å². The van der Waals surface area contributed by atoms with Crippen LogP contribution in [0.15, 0.2) is 30.3 Å². The fourth-order valence-corrected chi connectivity index (χ4v) is 1.87. The number of nitrogens with zero attached hydrogens (tertiary/aromatic N) is 2. The molecule has 0 aliphatic heterocycles. The molecule has 0 spiro atoms. The van der Waals surface area contributed by atoms with Crippen LogP contribution in [0.3, 0.4) is 0 Å². The molecule has 0 bridgehead atoms. The minimum absolute atomic E-state index is 0.0200. The molecule has 0 saturated carbocycles. The zero-order chi connectivity index (χ0) is 13.8. The lowest BCUT2D eigenvalue weighted by molar-refractivity contribution is 0.0690. The number of methoxy groups -OCH3 is 1. The summed E-state index contributed by atoms with van der Waals surface area (Å²) in [6.45, 7) is 2.40. The molecule has 1 aromatic heterocycles. The molecule has 19 heavy (non-hydrogen) atoms. The third-order valence-corrected chi connectivity index (χ3v) is 2.88. The Morgan fingerprint density at radius 3 is 2.58 bits per heavy atom. The normalized spacial score (nSPS) is 10.6. The van der Waals surface area contributed by atoms with Crippen LogP contribution in [0.4, 0.5) is 0 Å². The van der Waals surface area contributed by atoms with Crippen molar-refractivity contribution in [1.82, 2.24) is 9.78 Å². The van der Waals surface area contributed by atoms with Crippen LogP contribution in [0.25, 0.3) is 5.69 Å². The molecule has 0 saturated heterocycles. The SMILES string of the molecule is CCc1ccc(-n2nc(C(=O)O)cc2COC)cc1. The summed E-state index contributed by atoms with van der Waals surface area (Å²) in [4.78, 5) is 11.0. The molecule has 0 aliphatic rings. The Kier molecular flexibility index (Phi) is 3.97. The van der Waals surface area contributed by atoms with Crippen LogP contribution < -0.4 is 0 Å². The minimum Gasteiger partial charge on any atom is -0.476 e. The Labute approximate surface area is 111 Å². The van der Waals surface area contributed by atoms with Crippen molar-refractivity contribution in [3.05, 3.63) is 47.3 Å². The molecule has 0 unspecified atom stereocenters. The molecule has 0 radical (unpaired) electrons. The highest BCUT2D eigenvalue weighted by Gasteiger charge is 2.14. The first kappa shape index (κ1) is 13.3. The van der Waals surface area contributed by atoms with Crippen molar-refractivity contribution in [3.63, 3.8) is 0 Å². The average Bonchev–Trinajstić information content (AvgIpc) is 2.84. The van der Waals surface area contributed by atoms with Gasteiger partial charge in [0, 0.05) is 7.11 Å². The van der Waals surface area contributed by atoms with Crippen LogP contribution >= 0.6 is 0 Å². The van der Waals surface area contributed by atoms with E-state index in [0.717, 1.165) is 12.1 Å². The van der Waals surface area contributed by atoms with E-state index in [1.54, 1.807) is 11.8 Å². The van der Waals surface area contributed by atoms with Crippen LogP contribution in [-0.2, 0) is 17.8 Å². The number of carbonyl (C=O) groups is 1. The number of aromatic nitrogens is 2. The first-order chi connectivity index (χ1) is 9.15. The average molecular weight is 260 g/mol.